The molecule has 1 aliphatic heterocycles. The molecular formula is C14H25NO2. The van der Waals surface area contributed by atoms with Crippen LogP contribution in [0.4, 0.5) is 0 Å². The van der Waals surface area contributed by atoms with Crippen molar-refractivity contribution in [3.63, 3.8) is 0 Å². The Balaban J connectivity index is 2.12. The summed E-state index contributed by atoms with van der Waals surface area (Å²) in [6.07, 6.45) is 9.24. The smallest absolute Gasteiger partial charge is 0.112 e. The van der Waals surface area contributed by atoms with E-state index in [4.69, 9.17) is 9.47 Å². The first kappa shape index (κ1) is 12.9. The lowest BCUT2D eigenvalue weighted by Crippen LogP contribution is -2.52. The summed E-state index contributed by atoms with van der Waals surface area (Å²) in [4.78, 5) is 0. The summed E-state index contributed by atoms with van der Waals surface area (Å²) < 4.78 is 11.7. The maximum atomic E-state index is 5.89. The van der Waals surface area contributed by atoms with Crippen molar-refractivity contribution in [2.45, 2.75) is 57.1 Å². The number of methoxy groups -OCH3 is 1. The van der Waals surface area contributed by atoms with Crippen LogP contribution in [0, 0.1) is 0 Å². The van der Waals surface area contributed by atoms with Gasteiger partial charge in [0.2, 0.25) is 0 Å². The molecular weight excluding hydrogens is 214 g/mol. The molecule has 2 rings (SSSR count). The predicted molar refractivity (Wildman–Crippen MR) is 68.9 cm³/mol. The van der Waals surface area contributed by atoms with Crippen LogP contribution in [0.3, 0.4) is 0 Å². The van der Waals surface area contributed by atoms with E-state index in [1.807, 2.05) is 7.11 Å². The average molecular weight is 239 g/mol. The van der Waals surface area contributed by atoms with Crippen molar-refractivity contribution in [1.29, 1.82) is 0 Å². The van der Waals surface area contributed by atoms with Crippen molar-refractivity contribution in [1.82, 2.24) is 5.32 Å². The van der Waals surface area contributed by atoms with Gasteiger partial charge in [0, 0.05) is 13.5 Å². The van der Waals surface area contributed by atoms with E-state index in [1.165, 1.54) is 12.8 Å². The van der Waals surface area contributed by atoms with Gasteiger partial charge in [-0.15, -0.1) is 0 Å². The van der Waals surface area contributed by atoms with Crippen molar-refractivity contribution >= 4 is 0 Å². The lowest BCUT2D eigenvalue weighted by molar-refractivity contribution is -0.0380. The lowest BCUT2D eigenvalue weighted by Gasteiger charge is -2.37. The Kier molecular flexibility index (Phi) is 4.46. The van der Waals surface area contributed by atoms with Crippen molar-refractivity contribution in [3.05, 3.63) is 11.8 Å². The molecule has 3 heteroatoms. The van der Waals surface area contributed by atoms with Crippen molar-refractivity contribution in [2.24, 2.45) is 0 Å². The van der Waals surface area contributed by atoms with E-state index in [-0.39, 0.29) is 11.6 Å². The zero-order valence-electron chi connectivity index (χ0n) is 11.1. The first-order valence-electron chi connectivity index (χ1n) is 6.94. The standard InChI is InChI=1S/C14H25NO2/c1-3-10-15-13(12-7-6-11-17-12)14(16-2)8-4-5-9-14/h7,13,15H,3-6,8-11H2,1-2H3. The second-order valence-corrected chi connectivity index (χ2v) is 5.11. The van der Waals surface area contributed by atoms with Gasteiger partial charge in [-0.25, -0.2) is 0 Å². The number of ether oxygens (including phenoxy) is 2. The highest BCUT2D eigenvalue weighted by molar-refractivity contribution is 5.16. The number of nitrogens with one attached hydrogen (secondary N) is 1. The summed E-state index contributed by atoms with van der Waals surface area (Å²) in [5.74, 6) is 1.11. The SMILES string of the molecule is CCCNC(C1=CCCO1)C1(OC)CCCC1. The van der Waals surface area contributed by atoms with Crippen molar-refractivity contribution < 1.29 is 9.47 Å². The summed E-state index contributed by atoms with van der Waals surface area (Å²) >= 11 is 0. The Labute approximate surface area is 105 Å². The van der Waals surface area contributed by atoms with Crippen LogP contribution >= 0.6 is 0 Å². The highest BCUT2D eigenvalue weighted by Gasteiger charge is 2.44. The molecule has 0 radical (unpaired) electrons. The molecule has 1 fully saturated rings. The first-order chi connectivity index (χ1) is 8.32. The molecule has 1 N–H and O–H groups in total. The average Bonchev–Trinajstić information content (AvgIpc) is 3.01. The van der Waals surface area contributed by atoms with Gasteiger partial charge >= 0.3 is 0 Å². The van der Waals surface area contributed by atoms with Gasteiger partial charge in [0.25, 0.3) is 0 Å². The fourth-order valence-corrected chi connectivity index (χ4v) is 3.06. The molecule has 1 aliphatic carbocycles. The van der Waals surface area contributed by atoms with Gasteiger partial charge in [-0.05, 0) is 31.9 Å². The third-order valence-corrected chi connectivity index (χ3v) is 4.00. The van der Waals surface area contributed by atoms with Crippen LogP contribution in [0.25, 0.3) is 0 Å². The molecule has 1 atom stereocenters. The van der Waals surface area contributed by atoms with Gasteiger partial charge in [0.05, 0.1) is 18.2 Å². The molecule has 0 aromatic heterocycles. The van der Waals surface area contributed by atoms with Crippen LogP contribution in [0.2, 0.25) is 0 Å². The van der Waals surface area contributed by atoms with Crippen LogP contribution < -0.4 is 5.32 Å². The molecule has 0 amide bonds. The number of hydrogen-bond donors (Lipinski definition) is 1. The highest BCUT2D eigenvalue weighted by Crippen LogP contribution is 2.39. The fraction of sp³-hybridized carbons (Fsp3) is 0.857. The molecule has 1 saturated carbocycles. The molecule has 2 aliphatic rings. The zero-order valence-corrected chi connectivity index (χ0v) is 11.1. The minimum absolute atomic E-state index is 0.0364. The highest BCUT2D eigenvalue weighted by atomic mass is 16.5. The number of hydrogen-bond acceptors (Lipinski definition) is 3. The third-order valence-electron chi connectivity index (χ3n) is 4.00. The van der Waals surface area contributed by atoms with Crippen molar-refractivity contribution in [2.75, 3.05) is 20.3 Å². The molecule has 0 bridgehead atoms. The molecule has 0 aromatic carbocycles. The monoisotopic (exact) mass is 239 g/mol. The summed E-state index contributed by atoms with van der Waals surface area (Å²) in [7, 11) is 1.85. The quantitative estimate of drug-likeness (QED) is 0.773. The van der Waals surface area contributed by atoms with Gasteiger partial charge in [-0.1, -0.05) is 19.8 Å². The maximum Gasteiger partial charge on any atom is 0.112 e. The van der Waals surface area contributed by atoms with E-state index in [9.17, 15) is 0 Å². The normalized spacial score (nSPS) is 24.5. The Bertz CT molecular complexity index is 269. The van der Waals surface area contributed by atoms with Crippen LogP contribution in [-0.2, 0) is 9.47 Å². The summed E-state index contributed by atoms with van der Waals surface area (Å²) in [6.45, 7) is 4.05. The Hall–Kier alpha value is -0.540. The summed E-state index contributed by atoms with van der Waals surface area (Å²) in [6, 6.07) is 0.248. The van der Waals surface area contributed by atoms with Crippen LogP contribution in [0.15, 0.2) is 11.8 Å². The molecule has 0 aromatic rings. The van der Waals surface area contributed by atoms with E-state index < -0.39 is 0 Å². The Morgan fingerprint density at radius 3 is 2.76 bits per heavy atom. The molecule has 0 spiro atoms. The number of rotatable bonds is 6. The van der Waals surface area contributed by atoms with Gasteiger partial charge in [-0.3, -0.25) is 0 Å². The maximum absolute atomic E-state index is 5.89. The van der Waals surface area contributed by atoms with E-state index in [0.29, 0.717) is 0 Å². The fourth-order valence-electron chi connectivity index (χ4n) is 3.06. The van der Waals surface area contributed by atoms with E-state index >= 15 is 0 Å². The van der Waals surface area contributed by atoms with E-state index in [1.54, 1.807) is 0 Å². The Morgan fingerprint density at radius 2 is 2.24 bits per heavy atom. The topological polar surface area (TPSA) is 30.5 Å². The second-order valence-electron chi connectivity index (χ2n) is 5.11. The van der Waals surface area contributed by atoms with E-state index in [0.717, 1.165) is 44.6 Å². The van der Waals surface area contributed by atoms with Crippen molar-refractivity contribution in [3.8, 4) is 0 Å². The summed E-state index contributed by atoms with van der Waals surface area (Å²) in [5.41, 5.74) is -0.0364. The van der Waals surface area contributed by atoms with E-state index in [2.05, 4.69) is 18.3 Å². The predicted octanol–water partition coefficient (Wildman–Crippen LogP) is 2.62. The van der Waals surface area contributed by atoms with Gasteiger partial charge in [0.1, 0.15) is 5.76 Å². The minimum atomic E-state index is -0.0364. The van der Waals surface area contributed by atoms with Crippen LogP contribution in [-0.4, -0.2) is 31.9 Å². The largest absolute Gasteiger partial charge is 0.496 e. The lowest BCUT2D eigenvalue weighted by atomic mass is 9.90. The molecule has 17 heavy (non-hydrogen) atoms. The third kappa shape index (κ3) is 2.66. The molecule has 3 nitrogen and oxygen atoms in total. The molecule has 0 saturated heterocycles. The van der Waals surface area contributed by atoms with Gasteiger partial charge in [-0.2, -0.15) is 0 Å². The van der Waals surface area contributed by atoms with Crippen LogP contribution in [0.5, 0.6) is 0 Å². The second kappa shape index (κ2) is 5.87. The zero-order chi connectivity index (χ0) is 12.1. The molecule has 1 heterocycles. The molecule has 1 unspecified atom stereocenters. The Morgan fingerprint density at radius 1 is 1.47 bits per heavy atom. The molecule has 98 valence electrons. The first-order valence-corrected chi connectivity index (χ1v) is 6.94. The van der Waals surface area contributed by atoms with Crippen LogP contribution in [0.1, 0.15) is 45.4 Å². The minimum Gasteiger partial charge on any atom is -0.496 e. The van der Waals surface area contributed by atoms with Gasteiger partial charge < -0.3 is 14.8 Å². The van der Waals surface area contributed by atoms with Gasteiger partial charge in [0.15, 0.2) is 0 Å². The summed E-state index contributed by atoms with van der Waals surface area (Å²) in [5, 5.41) is 3.63.